The average molecular weight is 419 g/mol. The van der Waals surface area contributed by atoms with Gasteiger partial charge >= 0.3 is 0 Å². The van der Waals surface area contributed by atoms with Crippen LogP contribution in [0.15, 0.2) is 35.6 Å². The highest BCUT2D eigenvalue weighted by atomic mass is 35.5. The first-order valence-electron chi connectivity index (χ1n) is 10.5. The van der Waals surface area contributed by atoms with Crippen LogP contribution in [0.4, 0.5) is 0 Å². The predicted molar refractivity (Wildman–Crippen MR) is 116 cm³/mol. The van der Waals surface area contributed by atoms with Crippen LogP contribution < -0.4 is 10.6 Å². The quantitative estimate of drug-likeness (QED) is 0.483. The summed E-state index contributed by atoms with van der Waals surface area (Å²) in [5.74, 6) is 1.82. The Labute approximate surface area is 177 Å². The van der Waals surface area contributed by atoms with E-state index in [0.29, 0.717) is 6.54 Å². The molecule has 0 bridgehead atoms. The molecule has 0 aliphatic carbocycles. The zero-order chi connectivity index (χ0) is 20.3. The van der Waals surface area contributed by atoms with Crippen LogP contribution in [0.3, 0.4) is 0 Å². The van der Waals surface area contributed by atoms with Gasteiger partial charge in [0.05, 0.1) is 12.6 Å². The molecule has 7 nitrogen and oxygen atoms in total. The highest BCUT2D eigenvalue weighted by molar-refractivity contribution is 6.30. The molecule has 2 aromatic rings. The first kappa shape index (κ1) is 21.6. The minimum atomic E-state index is 0.225. The Balaban J connectivity index is 1.51. The molecule has 1 saturated heterocycles. The van der Waals surface area contributed by atoms with Gasteiger partial charge < -0.3 is 19.9 Å². The van der Waals surface area contributed by atoms with E-state index in [1.165, 1.54) is 12.0 Å². The molecule has 1 aliphatic rings. The molecule has 0 saturated carbocycles. The van der Waals surface area contributed by atoms with Crippen molar-refractivity contribution in [1.82, 2.24) is 25.4 Å². The summed E-state index contributed by atoms with van der Waals surface area (Å²) in [4.78, 5) is 4.76. The molecular weight excluding hydrogens is 388 g/mol. The summed E-state index contributed by atoms with van der Waals surface area (Å²) in [5, 5.41) is 15.8. The number of aromatic nitrogens is 3. The number of guanidine groups is 1. The molecule has 29 heavy (non-hydrogen) atoms. The summed E-state index contributed by atoms with van der Waals surface area (Å²) < 4.78 is 7.88. The number of aliphatic imine (C=N–C) groups is 1. The number of nitrogens with zero attached hydrogens (tertiary/aromatic N) is 4. The number of benzene rings is 1. The summed E-state index contributed by atoms with van der Waals surface area (Å²) in [6.45, 7) is 5.97. The van der Waals surface area contributed by atoms with Crippen molar-refractivity contribution in [3.63, 3.8) is 0 Å². The number of aryl methyl sites for hydroxylation is 1. The second-order valence-electron chi connectivity index (χ2n) is 7.20. The van der Waals surface area contributed by atoms with Crippen molar-refractivity contribution in [3.8, 4) is 0 Å². The summed E-state index contributed by atoms with van der Waals surface area (Å²) >= 11 is 5.96. The standard InChI is InChI=1S/C21H31ClN6O/c1-2-20-27-26-16-28(20)13-12-24-21(25-15-19-5-3-4-14-29-19)23-11-10-17-6-8-18(22)9-7-17/h6-9,16,19H,2-5,10-15H2,1H3,(H2,23,24,25). The van der Waals surface area contributed by atoms with E-state index in [1.807, 2.05) is 12.1 Å². The minimum absolute atomic E-state index is 0.225. The van der Waals surface area contributed by atoms with Crippen LogP contribution in [-0.4, -0.2) is 53.1 Å². The van der Waals surface area contributed by atoms with Crippen molar-refractivity contribution in [2.24, 2.45) is 4.99 Å². The zero-order valence-electron chi connectivity index (χ0n) is 17.1. The van der Waals surface area contributed by atoms with Gasteiger partial charge in [-0.25, -0.2) is 0 Å². The normalized spacial score (nSPS) is 17.3. The van der Waals surface area contributed by atoms with E-state index < -0.39 is 0 Å². The van der Waals surface area contributed by atoms with E-state index in [-0.39, 0.29) is 6.10 Å². The lowest BCUT2D eigenvalue weighted by molar-refractivity contribution is 0.0224. The Kier molecular flexibility index (Phi) is 8.77. The molecule has 2 heterocycles. The van der Waals surface area contributed by atoms with Gasteiger partial charge in [-0.05, 0) is 43.4 Å². The molecule has 1 aromatic heterocycles. The van der Waals surface area contributed by atoms with E-state index in [0.717, 1.165) is 68.7 Å². The summed E-state index contributed by atoms with van der Waals surface area (Å²) in [5.41, 5.74) is 1.24. The molecule has 158 valence electrons. The largest absolute Gasteiger partial charge is 0.376 e. The second kappa shape index (κ2) is 11.8. The van der Waals surface area contributed by atoms with Crippen LogP contribution in [0.1, 0.15) is 37.6 Å². The molecule has 1 fully saturated rings. The highest BCUT2D eigenvalue weighted by Crippen LogP contribution is 2.12. The lowest BCUT2D eigenvalue weighted by Crippen LogP contribution is -2.40. The third-order valence-electron chi connectivity index (χ3n) is 5.00. The number of ether oxygens (including phenoxy) is 1. The van der Waals surface area contributed by atoms with Gasteiger partial charge in [0.15, 0.2) is 5.96 Å². The third-order valence-corrected chi connectivity index (χ3v) is 5.26. The van der Waals surface area contributed by atoms with Crippen molar-refractivity contribution in [2.75, 3.05) is 26.2 Å². The molecular formula is C21H31ClN6O. The van der Waals surface area contributed by atoms with Crippen LogP contribution in [0, 0.1) is 0 Å². The lowest BCUT2D eigenvalue weighted by atomic mass is 10.1. The van der Waals surface area contributed by atoms with Crippen molar-refractivity contribution in [3.05, 3.63) is 47.0 Å². The number of nitrogens with one attached hydrogen (secondary N) is 2. The fourth-order valence-corrected chi connectivity index (χ4v) is 3.46. The van der Waals surface area contributed by atoms with Crippen LogP contribution in [0.5, 0.6) is 0 Å². The molecule has 1 aromatic carbocycles. The van der Waals surface area contributed by atoms with Gasteiger partial charge in [-0.1, -0.05) is 30.7 Å². The van der Waals surface area contributed by atoms with Crippen molar-refractivity contribution >= 4 is 17.6 Å². The maximum absolute atomic E-state index is 5.96. The molecule has 1 atom stereocenters. The maximum atomic E-state index is 5.96. The third kappa shape index (κ3) is 7.33. The van der Waals surface area contributed by atoms with Crippen molar-refractivity contribution < 1.29 is 4.74 Å². The van der Waals surface area contributed by atoms with E-state index in [2.05, 4.69) is 44.5 Å². The Morgan fingerprint density at radius 3 is 2.83 bits per heavy atom. The molecule has 2 N–H and O–H groups in total. The lowest BCUT2D eigenvalue weighted by Gasteiger charge is -2.21. The monoisotopic (exact) mass is 418 g/mol. The first-order valence-corrected chi connectivity index (χ1v) is 10.9. The number of rotatable bonds is 9. The summed E-state index contributed by atoms with van der Waals surface area (Å²) in [6.07, 6.45) is 7.25. The first-order chi connectivity index (χ1) is 14.2. The second-order valence-corrected chi connectivity index (χ2v) is 7.64. The molecule has 0 spiro atoms. The molecule has 8 heteroatoms. The number of halogens is 1. The average Bonchev–Trinajstić information content (AvgIpc) is 3.21. The van der Waals surface area contributed by atoms with E-state index in [1.54, 1.807) is 6.33 Å². The van der Waals surface area contributed by atoms with Gasteiger partial charge in [-0.15, -0.1) is 10.2 Å². The fraction of sp³-hybridized carbons (Fsp3) is 0.571. The number of hydrogen-bond donors (Lipinski definition) is 2. The minimum Gasteiger partial charge on any atom is -0.376 e. The van der Waals surface area contributed by atoms with Gasteiger partial charge in [-0.2, -0.15) is 0 Å². The van der Waals surface area contributed by atoms with Gasteiger partial charge in [0.1, 0.15) is 12.2 Å². The van der Waals surface area contributed by atoms with Crippen LogP contribution in [-0.2, 0) is 24.1 Å². The Morgan fingerprint density at radius 2 is 2.07 bits per heavy atom. The summed E-state index contributed by atoms with van der Waals surface area (Å²) in [7, 11) is 0. The van der Waals surface area contributed by atoms with E-state index in [4.69, 9.17) is 21.3 Å². The molecule has 1 unspecified atom stereocenters. The Bertz CT molecular complexity index is 755. The van der Waals surface area contributed by atoms with Crippen LogP contribution >= 0.6 is 11.6 Å². The smallest absolute Gasteiger partial charge is 0.191 e. The van der Waals surface area contributed by atoms with Gasteiger partial charge in [0, 0.05) is 37.7 Å². The molecule has 3 rings (SSSR count). The predicted octanol–water partition coefficient (Wildman–Crippen LogP) is 2.84. The van der Waals surface area contributed by atoms with Gasteiger partial charge in [0.25, 0.3) is 0 Å². The van der Waals surface area contributed by atoms with Crippen LogP contribution in [0.25, 0.3) is 0 Å². The Morgan fingerprint density at radius 1 is 1.24 bits per heavy atom. The van der Waals surface area contributed by atoms with Gasteiger partial charge in [-0.3, -0.25) is 4.99 Å². The van der Waals surface area contributed by atoms with E-state index in [9.17, 15) is 0 Å². The topological polar surface area (TPSA) is 76.4 Å². The Hall–Kier alpha value is -2.12. The number of hydrogen-bond acceptors (Lipinski definition) is 4. The summed E-state index contributed by atoms with van der Waals surface area (Å²) in [6, 6.07) is 7.97. The van der Waals surface area contributed by atoms with Crippen molar-refractivity contribution in [2.45, 2.75) is 51.7 Å². The zero-order valence-corrected chi connectivity index (χ0v) is 17.9. The SMILES string of the molecule is CCc1nncn1CCNC(=NCC1CCCCO1)NCCc1ccc(Cl)cc1. The van der Waals surface area contributed by atoms with Crippen LogP contribution in [0.2, 0.25) is 5.02 Å². The fourth-order valence-electron chi connectivity index (χ4n) is 3.33. The maximum Gasteiger partial charge on any atom is 0.191 e. The van der Waals surface area contributed by atoms with Crippen molar-refractivity contribution in [1.29, 1.82) is 0 Å². The molecule has 0 radical (unpaired) electrons. The highest BCUT2D eigenvalue weighted by Gasteiger charge is 2.13. The molecule has 0 amide bonds. The molecule has 1 aliphatic heterocycles. The van der Waals surface area contributed by atoms with Gasteiger partial charge in [0.2, 0.25) is 0 Å². The van der Waals surface area contributed by atoms with E-state index >= 15 is 0 Å².